The highest BCUT2D eigenvalue weighted by atomic mass is 19.1. The first-order chi connectivity index (χ1) is 10.4. The molecule has 0 aliphatic carbocycles. The monoisotopic (exact) mass is 306 g/mol. The number of rotatable bonds is 5. The number of Topliss-reactive ketones (excluding diaryl/α,β-unsaturated/α-hetero) is 1. The minimum absolute atomic E-state index is 0.00831. The van der Waals surface area contributed by atoms with Crippen molar-refractivity contribution in [2.45, 2.75) is 6.92 Å². The number of benzene rings is 2. The fraction of sp³-hybridized carbons (Fsp3) is 0.125. The van der Waals surface area contributed by atoms with Gasteiger partial charge in [0.05, 0.1) is 0 Å². The van der Waals surface area contributed by atoms with Crippen molar-refractivity contribution in [3.63, 3.8) is 0 Å². The van der Waals surface area contributed by atoms with Crippen molar-refractivity contribution in [2.24, 2.45) is 0 Å². The third kappa shape index (κ3) is 3.46. The molecule has 0 atom stereocenters. The molecule has 114 valence electrons. The molecule has 0 bridgehead atoms. The molecule has 0 unspecified atom stereocenters. The van der Waals surface area contributed by atoms with Crippen LogP contribution < -0.4 is 4.74 Å². The summed E-state index contributed by atoms with van der Waals surface area (Å²) in [5.41, 5.74) is 0.134. The lowest BCUT2D eigenvalue weighted by Crippen LogP contribution is -2.10. The maximum atomic E-state index is 13.8. The van der Waals surface area contributed by atoms with Gasteiger partial charge in [-0.15, -0.1) is 0 Å². The normalized spacial score (nSPS) is 10.3. The Labute approximate surface area is 125 Å². The Hall–Kier alpha value is -2.76. The number of aromatic carboxylic acids is 1. The molecule has 0 amide bonds. The van der Waals surface area contributed by atoms with Gasteiger partial charge in [-0.25, -0.2) is 13.6 Å². The molecule has 2 aromatic rings. The second-order valence-electron chi connectivity index (χ2n) is 4.63. The van der Waals surface area contributed by atoms with E-state index in [0.29, 0.717) is 0 Å². The number of carboxylic acids is 1. The molecule has 0 saturated carbocycles. The zero-order valence-corrected chi connectivity index (χ0v) is 11.6. The minimum atomic E-state index is -1.28. The third-order valence-corrected chi connectivity index (χ3v) is 2.88. The standard InChI is InChI=1S/C16H12F2O4/c1-9(19)8-22-15-5-2-10(6-13(15)16(20)21)12-4-3-11(17)7-14(12)18/h2-7H,8H2,1H3,(H,20,21). The molecular formula is C16H12F2O4. The van der Waals surface area contributed by atoms with E-state index in [9.17, 15) is 23.5 Å². The molecule has 2 aromatic carbocycles. The molecule has 0 saturated heterocycles. The van der Waals surface area contributed by atoms with E-state index in [1.54, 1.807) is 0 Å². The van der Waals surface area contributed by atoms with Crippen molar-refractivity contribution < 1.29 is 28.2 Å². The summed E-state index contributed by atoms with van der Waals surface area (Å²) in [6.45, 7) is 1.05. The van der Waals surface area contributed by atoms with Crippen LogP contribution in [0.25, 0.3) is 11.1 Å². The fourth-order valence-corrected chi connectivity index (χ4v) is 1.89. The Morgan fingerprint density at radius 1 is 1.14 bits per heavy atom. The van der Waals surface area contributed by atoms with Gasteiger partial charge >= 0.3 is 5.97 Å². The van der Waals surface area contributed by atoms with Crippen LogP contribution >= 0.6 is 0 Å². The first kappa shape index (κ1) is 15.6. The smallest absolute Gasteiger partial charge is 0.339 e. The van der Waals surface area contributed by atoms with E-state index in [2.05, 4.69) is 0 Å². The van der Waals surface area contributed by atoms with Crippen LogP contribution in [0.2, 0.25) is 0 Å². The van der Waals surface area contributed by atoms with Gasteiger partial charge in [0, 0.05) is 11.6 Å². The van der Waals surface area contributed by atoms with Gasteiger partial charge in [0.1, 0.15) is 29.6 Å². The number of hydrogen-bond donors (Lipinski definition) is 1. The molecule has 0 aliphatic heterocycles. The summed E-state index contributed by atoms with van der Waals surface area (Å²) >= 11 is 0. The molecule has 4 nitrogen and oxygen atoms in total. The van der Waals surface area contributed by atoms with E-state index in [0.717, 1.165) is 12.1 Å². The van der Waals surface area contributed by atoms with Crippen molar-refractivity contribution in [2.75, 3.05) is 6.61 Å². The summed E-state index contributed by atoms with van der Waals surface area (Å²) < 4.78 is 31.8. The van der Waals surface area contributed by atoms with Crippen molar-refractivity contribution in [1.29, 1.82) is 0 Å². The van der Waals surface area contributed by atoms with Crippen LogP contribution in [0, 0.1) is 11.6 Å². The second kappa shape index (κ2) is 6.34. The van der Waals surface area contributed by atoms with Gasteiger partial charge in [-0.05, 0) is 36.8 Å². The Balaban J connectivity index is 2.44. The number of carboxylic acid groups (broad SMARTS) is 1. The zero-order chi connectivity index (χ0) is 16.3. The Bertz CT molecular complexity index is 741. The molecule has 0 radical (unpaired) electrons. The summed E-state index contributed by atoms with van der Waals surface area (Å²) in [6.07, 6.45) is 0. The molecule has 2 rings (SSSR count). The quantitative estimate of drug-likeness (QED) is 0.920. The largest absolute Gasteiger partial charge is 0.485 e. The number of hydrogen-bond acceptors (Lipinski definition) is 3. The predicted molar refractivity (Wildman–Crippen MR) is 74.9 cm³/mol. The average Bonchev–Trinajstić information content (AvgIpc) is 2.45. The first-order valence-electron chi connectivity index (χ1n) is 6.33. The van der Waals surface area contributed by atoms with Crippen LogP contribution in [-0.2, 0) is 4.79 Å². The van der Waals surface area contributed by atoms with Gasteiger partial charge < -0.3 is 9.84 Å². The fourth-order valence-electron chi connectivity index (χ4n) is 1.89. The Morgan fingerprint density at radius 3 is 2.45 bits per heavy atom. The second-order valence-corrected chi connectivity index (χ2v) is 4.63. The minimum Gasteiger partial charge on any atom is -0.485 e. The number of ether oxygens (including phenoxy) is 1. The van der Waals surface area contributed by atoms with E-state index in [4.69, 9.17) is 4.74 Å². The molecule has 0 spiro atoms. The zero-order valence-electron chi connectivity index (χ0n) is 11.6. The van der Waals surface area contributed by atoms with Crippen LogP contribution in [-0.4, -0.2) is 23.5 Å². The van der Waals surface area contributed by atoms with Gasteiger partial charge in [0.2, 0.25) is 0 Å². The highest BCUT2D eigenvalue weighted by molar-refractivity contribution is 5.93. The van der Waals surface area contributed by atoms with Gasteiger partial charge in [-0.2, -0.15) is 0 Å². The lowest BCUT2D eigenvalue weighted by Gasteiger charge is -2.10. The van der Waals surface area contributed by atoms with Gasteiger partial charge in [-0.1, -0.05) is 6.07 Å². The SMILES string of the molecule is CC(=O)COc1ccc(-c2ccc(F)cc2F)cc1C(=O)O. The van der Waals surface area contributed by atoms with Crippen LogP contribution in [0.4, 0.5) is 8.78 Å². The Morgan fingerprint density at radius 2 is 1.86 bits per heavy atom. The molecule has 6 heteroatoms. The summed E-state index contributed by atoms with van der Waals surface area (Å²) in [6, 6.07) is 7.02. The summed E-state index contributed by atoms with van der Waals surface area (Å²) in [7, 11) is 0. The summed E-state index contributed by atoms with van der Waals surface area (Å²) in [4.78, 5) is 22.2. The van der Waals surface area contributed by atoms with Crippen molar-refractivity contribution in [1.82, 2.24) is 0 Å². The highest BCUT2D eigenvalue weighted by Gasteiger charge is 2.15. The van der Waals surface area contributed by atoms with E-state index < -0.39 is 17.6 Å². The first-order valence-corrected chi connectivity index (χ1v) is 6.33. The third-order valence-electron chi connectivity index (χ3n) is 2.88. The van der Waals surface area contributed by atoms with Gasteiger partial charge in [0.25, 0.3) is 0 Å². The lowest BCUT2D eigenvalue weighted by atomic mass is 10.0. The van der Waals surface area contributed by atoms with Crippen LogP contribution in [0.15, 0.2) is 36.4 Å². The maximum absolute atomic E-state index is 13.8. The van der Waals surface area contributed by atoms with Crippen LogP contribution in [0.5, 0.6) is 5.75 Å². The molecule has 0 heterocycles. The topological polar surface area (TPSA) is 63.6 Å². The van der Waals surface area contributed by atoms with E-state index >= 15 is 0 Å². The molecule has 22 heavy (non-hydrogen) atoms. The number of carbonyl (C=O) groups excluding carboxylic acids is 1. The Kier molecular flexibility index (Phi) is 4.50. The number of halogens is 2. The van der Waals surface area contributed by atoms with Crippen molar-refractivity contribution in [3.05, 3.63) is 53.6 Å². The van der Waals surface area contributed by atoms with Gasteiger partial charge in [-0.3, -0.25) is 4.79 Å². The summed E-state index contributed by atoms with van der Waals surface area (Å²) in [5, 5.41) is 9.20. The average molecular weight is 306 g/mol. The lowest BCUT2D eigenvalue weighted by molar-refractivity contribution is -0.118. The molecule has 0 fully saturated rings. The highest BCUT2D eigenvalue weighted by Crippen LogP contribution is 2.29. The molecule has 0 aliphatic rings. The van der Waals surface area contributed by atoms with E-state index in [1.165, 1.54) is 31.2 Å². The van der Waals surface area contributed by atoms with E-state index in [-0.39, 0.29) is 34.8 Å². The van der Waals surface area contributed by atoms with Crippen LogP contribution in [0.3, 0.4) is 0 Å². The van der Waals surface area contributed by atoms with Crippen molar-refractivity contribution >= 4 is 11.8 Å². The van der Waals surface area contributed by atoms with Crippen LogP contribution in [0.1, 0.15) is 17.3 Å². The molecular weight excluding hydrogens is 294 g/mol. The predicted octanol–water partition coefficient (Wildman–Crippen LogP) is 3.30. The van der Waals surface area contributed by atoms with E-state index in [1.807, 2.05) is 0 Å². The molecule has 0 aromatic heterocycles. The van der Waals surface area contributed by atoms with Crippen molar-refractivity contribution in [3.8, 4) is 16.9 Å². The summed E-state index contributed by atoms with van der Waals surface area (Å²) in [5.74, 6) is -3.04. The maximum Gasteiger partial charge on any atom is 0.339 e. The molecule has 1 N–H and O–H groups in total. The van der Waals surface area contributed by atoms with Gasteiger partial charge in [0.15, 0.2) is 5.78 Å². The number of ketones is 1. The number of carbonyl (C=O) groups is 2.